The predicted molar refractivity (Wildman–Crippen MR) is 80.0 cm³/mol. The zero-order valence-corrected chi connectivity index (χ0v) is 12.3. The zero-order valence-electron chi connectivity index (χ0n) is 10.7. The Morgan fingerprint density at radius 1 is 1.30 bits per heavy atom. The van der Waals surface area contributed by atoms with Gasteiger partial charge in [0.25, 0.3) is 0 Å². The number of aromatic nitrogens is 2. The largest absolute Gasteiger partial charge is 0.478 e. The Morgan fingerprint density at radius 3 is 2.80 bits per heavy atom. The Morgan fingerprint density at radius 2 is 2.10 bits per heavy atom. The molecule has 0 aliphatic carbocycles. The average molecular weight is 331 g/mol. The van der Waals surface area contributed by atoms with E-state index in [9.17, 15) is 4.79 Å². The van der Waals surface area contributed by atoms with Crippen molar-refractivity contribution >= 4 is 27.4 Å². The van der Waals surface area contributed by atoms with E-state index in [2.05, 4.69) is 20.9 Å². The fourth-order valence-corrected chi connectivity index (χ4v) is 2.65. The molecule has 2 heterocycles. The zero-order chi connectivity index (χ0) is 14.3. The monoisotopic (exact) mass is 330 g/mol. The number of halogens is 1. The molecule has 20 heavy (non-hydrogen) atoms. The molecule has 100 valence electrons. The van der Waals surface area contributed by atoms with Crippen molar-refractivity contribution in [3.05, 3.63) is 58.3 Å². The van der Waals surface area contributed by atoms with Crippen LogP contribution in [0.25, 0.3) is 16.9 Å². The van der Waals surface area contributed by atoms with Crippen molar-refractivity contribution in [3.8, 4) is 11.4 Å². The van der Waals surface area contributed by atoms with Crippen LogP contribution in [0.15, 0.2) is 47.2 Å². The molecule has 0 aliphatic rings. The number of hydrogen-bond acceptors (Lipinski definition) is 2. The minimum absolute atomic E-state index is 0.233. The summed E-state index contributed by atoms with van der Waals surface area (Å²) in [5.74, 6) is -0.231. The van der Waals surface area contributed by atoms with Crippen molar-refractivity contribution in [2.24, 2.45) is 0 Å². The SMILES string of the molecule is Cc1cccc(-c2nc(Br)c3ccc(C(=O)O)cn23)c1. The van der Waals surface area contributed by atoms with Crippen LogP contribution in [-0.4, -0.2) is 20.5 Å². The highest BCUT2D eigenvalue weighted by Gasteiger charge is 2.13. The number of hydrogen-bond donors (Lipinski definition) is 1. The number of rotatable bonds is 2. The van der Waals surface area contributed by atoms with Gasteiger partial charge in [-0.25, -0.2) is 9.78 Å². The van der Waals surface area contributed by atoms with Gasteiger partial charge in [-0.05, 0) is 41.1 Å². The predicted octanol–water partition coefficient (Wildman–Crippen LogP) is 3.77. The maximum absolute atomic E-state index is 11.1. The molecule has 1 N–H and O–H groups in total. The van der Waals surface area contributed by atoms with Crippen LogP contribution in [0.1, 0.15) is 15.9 Å². The number of carbonyl (C=O) groups is 1. The van der Waals surface area contributed by atoms with Gasteiger partial charge in [0.2, 0.25) is 0 Å². The fraction of sp³-hybridized carbons (Fsp3) is 0.0667. The standard InChI is InChI=1S/C15H11BrN2O2/c1-9-3-2-4-10(7-9)14-17-13(16)12-6-5-11(15(19)20)8-18(12)14/h2-8H,1H3,(H,19,20). The van der Waals surface area contributed by atoms with Gasteiger partial charge >= 0.3 is 5.97 Å². The highest BCUT2D eigenvalue weighted by molar-refractivity contribution is 9.10. The number of nitrogens with zero attached hydrogens (tertiary/aromatic N) is 2. The summed E-state index contributed by atoms with van der Waals surface area (Å²) in [4.78, 5) is 15.6. The van der Waals surface area contributed by atoms with Gasteiger partial charge in [0, 0.05) is 11.8 Å². The summed E-state index contributed by atoms with van der Waals surface area (Å²) in [6.07, 6.45) is 1.59. The summed E-state index contributed by atoms with van der Waals surface area (Å²) in [7, 11) is 0. The molecule has 0 atom stereocenters. The van der Waals surface area contributed by atoms with E-state index in [4.69, 9.17) is 5.11 Å². The molecule has 3 aromatic rings. The van der Waals surface area contributed by atoms with Crippen molar-refractivity contribution in [1.82, 2.24) is 9.38 Å². The first-order chi connectivity index (χ1) is 9.56. The Balaban J connectivity index is 2.30. The van der Waals surface area contributed by atoms with Gasteiger partial charge < -0.3 is 5.11 Å². The van der Waals surface area contributed by atoms with Gasteiger partial charge in [-0.2, -0.15) is 0 Å². The summed E-state index contributed by atoms with van der Waals surface area (Å²) in [6.45, 7) is 2.01. The van der Waals surface area contributed by atoms with E-state index >= 15 is 0 Å². The first-order valence-corrected chi connectivity index (χ1v) is 6.83. The molecule has 2 aromatic heterocycles. The summed E-state index contributed by atoms with van der Waals surface area (Å²) in [5.41, 5.74) is 3.15. The number of benzene rings is 1. The molecule has 0 bridgehead atoms. The van der Waals surface area contributed by atoms with Crippen LogP contribution < -0.4 is 0 Å². The van der Waals surface area contributed by atoms with Crippen molar-refractivity contribution in [2.45, 2.75) is 6.92 Å². The number of imidazole rings is 1. The second kappa shape index (κ2) is 4.76. The number of aryl methyl sites for hydroxylation is 1. The van der Waals surface area contributed by atoms with E-state index in [0.29, 0.717) is 4.60 Å². The second-order valence-corrected chi connectivity index (χ2v) is 5.33. The Hall–Kier alpha value is -2.14. The number of fused-ring (bicyclic) bond motifs is 1. The summed E-state index contributed by atoms with van der Waals surface area (Å²) >= 11 is 3.42. The van der Waals surface area contributed by atoms with E-state index < -0.39 is 5.97 Å². The normalized spacial score (nSPS) is 10.9. The number of aromatic carboxylic acids is 1. The number of carboxylic acid groups (broad SMARTS) is 1. The van der Waals surface area contributed by atoms with Crippen LogP contribution in [0.4, 0.5) is 0 Å². The van der Waals surface area contributed by atoms with Gasteiger partial charge in [-0.3, -0.25) is 4.40 Å². The van der Waals surface area contributed by atoms with Crippen molar-refractivity contribution < 1.29 is 9.90 Å². The smallest absolute Gasteiger partial charge is 0.337 e. The lowest BCUT2D eigenvalue weighted by molar-refractivity contribution is 0.0696. The van der Waals surface area contributed by atoms with Crippen molar-refractivity contribution in [2.75, 3.05) is 0 Å². The van der Waals surface area contributed by atoms with Crippen LogP contribution in [0, 0.1) is 6.92 Å². The van der Waals surface area contributed by atoms with Gasteiger partial charge in [0.1, 0.15) is 10.4 Å². The van der Waals surface area contributed by atoms with E-state index in [1.165, 1.54) is 0 Å². The van der Waals surface area contributed by atoms with Gasteiger partial charge in [-0.15, -0.1) is 0 Å². The third-order valence-electron chi connectivity index (χ3n) is 3.12. The van der Waals surface area contributed by atoms with Gasteiger partial charge in [-0.1, -0.05) is 23.8 Å². The van der Waals surface area contributed by atoms with Crippen LogP contribution in [0.2, 0.25) is 0 Å². The molecule has 0 saturated carbocycles. The second-order valence-electron chi connectivity index (χ2n) is 4.57. The lowest BCUT2D eigenvalue weighted by atomic mass is 10.1. The molecule has 0 amide bonds. The lowest BCUT2D eigenvalue weighted by Gasteiger charge is -2.03. The minimum Gasteiger partial charge on any atom is -0.478 e. The Labute approximate surface area is 123 Å². The Kier molecular flexibility index (Phi) is 3.06. The third-order valence-corrected chi connectivity index (χ3v) is 3.70. The van der Waals surface area contributed by atoms with E-state index in [1.807, 2.05) is 31.2 Å². The molecule has 3 rings (SSSR count). The van der Waals surface area contributed by atoms with Crippen LogP contribution in [0.3, 0.4) is 0 Å². The van der Waals surface area contributed by atoms with Crippen LogP contribution in [-0.2, 0) is 0 Å². The van der Waals surface area contributed by atoms with E-state index in [-0.39, 0.29) is 5.56 Å². The number of pyridine rings is 1. The average Bonchev–Trinajstić information content (AvgIpc) is 2.76. The Bertz CT molecular complexity index is 824. The van der Waals surface area contributed by atoms with Crippen LogP contribution in [0.5, 0.6) is 0 Å². The fourth-order valence-electron chi connectivity index (χ4n) is 2.16. The minimum atomic E-state index is -0.952. The molecule has 0 aliphatic heterocycles. The third kappa shape index (κ3) is 2.10. The van der Waals surface area contributed by atoms with E-state index in [0.717, 1.165) is 22.5 Å². The molecule has 0 spiro atoms. The van der Waals surface area contributed by atoms with Gasteiger partial charge in [0.05, 0.1) is 11.1 Å². The molecule has 5 heteroatoms. The maximum atomic E-state index is 11.1. The lowest BCUT2D eigenvalue weighted by Crippen LogP contribution is -1.99. The summed E-state index contributed by atoms with van der Waals surface area (Å²) in [6, 6.07) is 11.3. The van der Waals surface area contributed by atoms with Crippen molar-refractivity contribution in [3.63, 3.8) is 0 Å². The molecule has 0 fully saturated rings. The quantitative estimate of drug-likeness (QED) is 0.778. The first kappa shape index (κ1) is 12.9. The van der Waals surface area contributed by atoms with Crippen LogP contribution >= 0.6 is 15.9 Å². The number of carboxylic acids is 1. The molecule has 4 nitrogen and oxygen atoms in total. The molecule has 0 unspecified atom stereocenters. The maximum Gasteiger partial charge on any atom is 0.337 e. The topological polar surface area (TPSA) is 54.6 Å². The first-order valence-electron chi connectivity index (χ1n) is 6.04. The van der Waals surface area contributed by atoms with E-state index in [1.54, 1.807) is 22.7 Å². The molecular formula is C15H11BrN2O2. The highest BCUT2D eigenvalue weighted by Crippen LogP contribution is 2.27. The summed E-state index contributed by atoms with van der Waals surface area (Å²) in [5, 5.41) is 9.11. The highest BCUT2D eigenvalue weighted by atomic mass is 79.9. The molecule has 0 radical (unpaired) electrons. The van der Waals surface area contributed by atoms with Gasteiger partial charge in [0.15, 0.2) is 0 Å². The molecular weight excluding hydrogens is 320 g/mol. The van der Waals surface area contributed by atoms with Crippen molar-refractivity contribution in [1.29, 1.82) is 0 Å². The summed E-state index contributed by atoms with van der Waals surface area (Å²) < 4.78 is 2.49. The molecule has 1 aromatic carbocycles. The molecule has 0 saturated heterocycles.